The molecule has 1 rings (SSSR count). The fourth-order valence-electron chi connectivity index (χ4n) is 1.30. The minimum atomic E-state index is -0.986. The van der Waals surface area contributed by atoms with Crippen LogP contribution in [0.5, 0.6) is 5.75 Å². The molecule has 1 aromatic rings. The van der Waals surface area contributed by atoms with Crippen LogP contribution in [0.1, 0.15) is 22.0 Å². The third kappa shape index (κ3) is 2.50. The fraction of sp³-hybridized carbons (Fsp3) is 0.364. The summed E-state index contributed by atoms with van der Waals surface area (Å²) in [5.41, 5.74) is 0.755. The molecule has 0 spiro atoms. The first-order chi connectivity index (χ1) is 7.63. The molecule has 0 saturated carbocycles. The van der Waals surface area contributed by atoms with Gasteiger partial charge in [-0.15, -0.1) is 0 Å². The Labute approximate surface area is 93.2 Å². The van der Waals surface area contributed by atoms with Gasteiger partial charge in [0.25, 0.3) is 0 Å². The smallest absolute Gasteiger partial charge is 0.341 e. The minimum absolute atomic E-state index is 0.277. The third-order valence-corrected chi connectivity index (χ3v) is 2.19. The standard InChI is InChI=1S/C11H14O5/c1-15-10-5-7(9(13)6-12)3-4-8(10)11(14)16-2/h3-5,9,12-13H,6H2,1-2H3/t9-/m0/s1. The van der Waals surface area contributed by atoms with Gasteiger partial charge >= 0.3 is 5.97 Å². The van der Waals surface area contributed by atoms with E-state index in [0.29, 0.717) is 11.3 Å². The zero-order valence-electron chi connectivity index (χ0n) is 9.14. The second-order valence-electron chi connectivity index (χ2n) is 3.15. The summed E-state index contributed by atoms with van der Waals surface area (Å²) in [5, 5.41) is 18.2. The predicted octanol–water partition coefficient (Wildman–Crippen LogP) is 0.507. The summed E-state index contributed by atoms with van der Waals surface area (Å²) in [7, 11) is 2.69. The van der Waals surface area contributed by atoms with Crippen LogP contribution >= 0.6 is 0 Å². The molecule has 5 heteroatoms. The summed E-state index contributed by atoms with van der Waals surface area (Å²) in [4.78, 5) is 11.3. The van der Waals surface area contributed by atoms with Crippen LogP contribution < -0.4 is 4.74 Å². The third-order valence-electron chi connectivity index (χ3n) is 2.19. The van der Waals surface area contributed by atoms with Crippen molar-refractivity contribution in [2.45, 2.75) is 6.10 Å². The largest absolute Gasteiger partial charge is 0.496 e. The lowest BCUT2D eigenvalue weighted by atomic mass is 10.1. The van der Waals surface area contributed by atoms with Crippen molar-refractivity contribution in [2.75, 3.05) is 20.8 Å². The molecule has 0 amide bonds. The minimum Gasteiger partial charge on any atom is -0.496 e. The van der Waals surface area contributed by atoms with Crippen molar-refractivity contribution in [1.82, 2.24) is 0 Å². The van der Waals surface area contributed by atoms with Crippen molar-refractivity contribution < 1.29 is 24.5 Å². The zero-order valence-corrected chi connectivity index (χ0v) is 9.14. The molecule has 0 unspecified atom stereocenters. The van der Waals surface area contributed by atoms with Gasteiger partial charge in [-0.2, -0.15) is 0 Å². The maximum absolute atomic E-state index is 11.3. The Bertz CT molecular complexity index is 375. The maximum Gasteiger partial charge on any atom is 0.341 e. The predicted molar refractivity (Wildman–Crippen MR) is 56.4 cm³/mol. The quantitative estimate of drug-likeness (QED) is 0.731. The maximum atomic E-state index is 11.3. The van der Waals surface area contributed by atoms with Crippen LogP contribution in [-0.4, -0.2) is 37.0 Å². The molecular weight excluding hydrogens is 212 g/mol. The van der Waals surface area contributed by atoms with Gasteiger partial charge in [0, 0.05) is 0 Å². The molecule has 0 fully saturated rings. The van der Waals surface area contributed by atoms with E-state index in [1.54, 1.807) is 0 Å². The molecular formula is C11H14O5. The molecule has 0 bridgehead atoms. The van der Waals surface area contributed by atoms with E-state index < -0.39 is 12.1 Å². The molecule has 0 radical (unpaired) electrons. The Hall–Kier alpha value is -1.59. The van der Waals surface area contributed by atoms with Crippen molar-refractivity contribution >= 4 is 5.97 Å². The van der Waals surface area contributed by atoms with E-state index in [2.05, 4.69) is 4.74 Å². The summed E-state index contributed by atoms with van der Waals surface area (Å²) in [6, 6.07) is 4.52. The molecule has 0 aliphatic rings. The molecule has 0 saturated heterocycles. The van der Waals surface area contributed by atoms with E-state index in [-0.39, 0.29) is 12.2 Å². The topological polar surface area (TPSA) is 76.0 Å². The lowest BCUT2D eigenvalue weighted by molar-refractivity contribution is 0.0596. The van der Waals surface area contributed by atoms with Crippen LogP contribution in [0.25, 0.3) is 0 Å². The lowest BCUT2D eigenvalue weighted by Crippen LogP contribution is -2.07. The lowest BCUT2D eigenvalue weighted by Gasteiger charge is -2.11. The van der Waals surface area contributed by atoms with Crippen LogP contribution in [0.4, 0.5) is 0 Å². The Morgan fingerprint density at radius 2 is 2.12 bits per heavy atom. The first-order valence-electron chi connectivity index (χ1n) is 4.69. The van der Waals surface area contributed by atoms with E-state index in [1.807, 2.05) is 0 Å². The number of hydrogen-bond acceptors (Lipinski definition) is 5. The normalized spacial score (nSPS) is 12.0. The summed E-state index contributed by atoms with van der Waals surface area (Å²) in [6.07, 6.45) is -0.986. The van der Waals surface area contributed by atoms with Crippen molar-refractivity contribution in [3.63, 3.8) is 0 Å². The number of aliphatic hydroxyl groups is 2. The molecule has 0 aliphatic heterocycles. The van der Waals surface area contributed by atoms with Gasteiger partial charge in [0.05, 0.1) is 20.8 Å². The highest BCUT2D eigenvalue weighted by molar-refractivity contribution is 5.92. The van der Waals surface area contributed by atoms with Gasteiger partial charge in [0.1, 0.15) is 17.4 Å². The van der Waals surface area contributed by atoms with Gasteiger partial charge in [-0.05, 0) is 17.7 Å². The van der Waals surface area contributed by atoms with Crippen LogP contribution in [0.3, 0.4) is 0 Å². The number of methoxy groups -OCH3 is 2. The highest BCUT2D eigenvalue weighted by Crippen LogP contribution is 2.24. The highest BCUT2D eigenvalue weighted by atomic mass is 16.5. The molecule has 16 heavy (non-hydrogen) atoms. The van der Waals surface area contributed by atoms with Gasteiger partial charge in [-0.3, -0.25) is 0 Å². The molecule has 0 aromatic heterocycles. The van der Waals surface area contributed by atoms with Gasteiger partial charge in [0.15, 0.2) is 0 Å². The van der Waals surface area contributed by atoms with Crippen molar-refractivity contribution in [3.05, 3.63) is 29.3 Å². The monoisotopic (exact) mass is 226 g/mol. The number of benzene rings is 1. The Balaban J connectivity index is 3.11. The molecule has 88 valence electrons. The second kappa shape index (κ2) is 5.48. The summed E-state index contributed by atoms with van der Waals surface area (Å²) < 4.78 is 9.58. The number of ether oxygens (including phenoxy) is 2. The van der Waals surface area contributed by atoms with E-state index >= 15 is 0 Å². The van der Waals surface area contributed by atoms with Crippen LogP contribution in [-0.2, 0) is 4.74 Å². The number of esters is 1. The number of rotatable bonds is 4. The number of aliphatic hydroxyl groups excluding tert-OH is 2. The van der Waals surface area contributed by atoms with Crippen LogP contribution in [0, 0.1) is 0 Å². The zero-order chi connectivity index (χ0) is 12.1. The Morgan fingerprint density at radius 1 is 1.44 bits per heavy atom. The summed E-state index contributed by atoms with van der Waals surface area (Å²) in [5.74, 6) is -0.210. The number of hydrogen-bond donors (Lipinski definition) is 2. The van der Waals surface area contributed by atoms with E-state index in [0.717, 1.165) is 0 Å². The fourth-order valence-corrected chi connectivity index (χ4v) is 1.30. The molecule has 1 aromatic carbocycles. The Morgan fingerprint density at radius 3 is 2.62 bits per heavy atom. The molecule has 2 N–H and O–H groups in total. The van der Waals surface area contributed by atoms with Crippen molar-refractivity contribution in [2.24, 2.45) is 0 Å². The average Bonchev–Trinajstić information content (AvgIpc) is 2.35. The van der Waals surface area contributed by atoms with Gasteiger partial charge in [-0.1, -0.05) is 6.07 Å². The molecule has 0 heterocycles. The van der Waals surface area contributed by atoms with E-state index in [4.69, 9.17) is 9.84 Å². The highest BCUT2D eigenvalue weighted by Gasteiger charge is 2.15. The van der Waals surface area contributed by atoms with Crippen LogP contribution in [0.2, 0.25) is 0 Å². The van der Waals surface area contributed by atoms with Crippen LogP contribution in [0.15, 0.2) is 18.2 Å². The molecule has 5 nitrogen and oxygen atoms in total. The Kier molecular flexibility index (Phi) is 4.28. The SMILES string of the molecule is COC(=O)c1ccc([C@@H](O)CO)cc1OC. The van der Waals surface area contributed by atoms with Crippen molar-refractivity contribution in [3.8, 4) is 5.75 Å². The second-order valence-corrected chi connectivity index (χ2v) is 3.15. The van der Waals surface area contributed by atoms with E-state index in [9.17, 15) is 9.90 Å². The van der Waals surface area contributed by atoms with E-state index in [1.165, 1.54) is 32.4 Å². The van der Waals surface area contributed by atoms with Crippen molar-refractivity contribution in [1.29, 1.82) is 0 Å². The number of carbonyl (C=O) groups excluding carboxylic acids is 1. The van der Waals surface area contributed by atoms with Gasteiger partial charge < -0.3 is 19.7 Å². The first-order valence-corrected chi connectivity index (χ1v) is 4.69. The van der Waals surface area contributed by atoms with Gasteiger partial charge in [-0.25, -0.2) is 4.79 Å². The first kappa shape index (κ1) is 12.5. The molecule has 0 aliphatic carbocycles. The number of carbonyl (C=O) groups is 1. The van der Waals surface area contributed by atoms with Gasteiger partial charge in [0.2, 0.25) is 0 Å². The summed E-state index contributed by atoms with van der Waals surface area (Å²) >= 11 is 0. The average molecular weight is 226 g/mol. The molecule has 1 atom stereocenters. The summed E-state index contributed by atoms with van der Waals surface area (Å²) in [6.45, 7) is -0.388.